The summed E-state index contributed by atoms with van der Waals surface area (Å²) in [5.41, 5.74) is 2.59. The summed E-state index contributed by atoms with van der Waals surface area (Å²) in [5.74, 6) is -1.45. The molecular weight excluding hydrogens is 638 g/mol. The number of carbonyl (C=O) groups is 4. The molecular formula is C36H41N9O5. The molecule has 0 radical (unpaired) electrons. The minimum absolute atomic E-state index is 0.225. The smallest absolute Gasteiger partial charge is 0.274 e. The van der Waals surface area contributed by atoms with Crippen LogP contribution in [0.3, 0.4) is 0 Å². The van der Waals surface area contributed by atoms with E-state index in [-0.39, 0.29) is 11.6 Å². The van der Waals surface area contributed by atoms with Gasteiger partial charge >= 0.3 is 0 Å². The molecule has 4 aromatic heterocycles. The fourth-order valence-electron chi connectivity index (χ4n) is 6.16. The number of amides is 4. The molecule has 0 atom stereocenters. The van der Waals surface area contributed by atoms with Gasteiger partial charge in [0.1, 0.15) is 22.8 Å². The largest absolute Gasteiger partial charge is 0.381 e. The summed E-state index contributed by atoms with van der Waals surface area (Å²) >= 11 is 0. The second-order valence-corrected chi connectivity index (χ2v) is 12.5. The van der Waals surface area contributed by atoms with E-state index in [1.54, 1.807) is 91.0 Å². The first kappa shape index (κ1) is 34.1. The van der Waals surface area contributed by atoms with Crippen LogP contribution in [0.4, 0.5) is 17.1 Å². The normalized spacial score (nSPS) is 13.7. The summed E-state index contributed by atoms with van der Waals surface area (Å²) in [6.07, 6.45) is 8.88. The number of nitrogens with zero attached hydrogens (tertiary/aromatic N) is 5. The zero-order valence-electron chi connectivity index (χ0n) is 28.5. The third kappa shape index (κ3) is 7.77. The van der Waals surface area contributed by atoms with E-state index in [0.29, 0.717) is 46.8 Å². The van der Waals surface area contributed by atoms with E-state index < -0.39 is 17.7 Å². The number of aryl methyl sites for hydroxylation is 3. The Kier molecular flexibility index (Phi) is 10.1. The van der Waals surface area contributed by atoms with Crippen molar-refractivity contribution in [3.8, 4) is 0 Å². The highest BCUT2D eigenvalue weighted by Crippen LogP contribution is 2.21. The minimum Gasteiger partial charge on any atom is -0.381 e. The van der Waals surface area contributed by atoms with Crippen molar-refractivity contribution < 1.29 is 23.9 Å². The number of benzene rings is 1. The number of piperidine rings is 1. The molecule has 260 valence electrons. The first-order valence-electron chi connectivity index (χ1n) is 16.4. The van der Waals surface area contributed by atoms with Gasteiger partial charge in [-0.05, 0) is 42.5 Å². The molecule has 0 aliphatic carbocycles. The van der Waals surface area contributed by atoms with Gasteiger partial charge in [-0.1, -0.05) is 24.3 Å². The number of nitrogens with one attached hydrogen (secondary N) is 4. The van der Waals surface area contributed by atoms with Crippen molar-refractivity contribution in [3.05, 3.63) is 96.1 Å². The van der Waals surface area contributed by atoms with Gasteiger partial charge in [-0.2, -0.15) is 0 Å². The number of rotatable bonds is 11. The number of hydrogen-bond acceptors (Lipinski definition) is 7. The van der Waals surface area contributed by atoms with Crippen LogP contribution >= 0.6 is 0 Å². The van der Waals surface area contributed by atoms with E-state index >= 15 is 0 Å². The monoisotopic (exact) mass is 679 g/mol. The topological polar surface area (TPSA) is 157 Å². The highest BCUT2D eigenvalue weighted by molar-refractivity contribution is 6.09. The Morgan fingerprint density at radius 3 is 1.76 bits per heavy atom. The minimum atomic E-state index is -0.424. The van der Waals surface area contributed by atoms with Crippen LogP contribution in [0.15, 0.2) is 73.3 Å². The van der Waals surface area contributed by atoms with E-state index in [4.69, 9.17) is 4.74 Å². The van der Waals surface area contributed by atoms with Crippen molar-refractivity contribution >= 4 is 51.5 Å². The molecule has 1 fully saturated rings. The molecule has 1 aliphatic rings. The van der Waals surface area contributed by atoms with Gasteiger partial charge in [-0.25, -0.2) is 0 Å². The van der Waals surface area contributed by atoms with Crippen LogP contribution in [0, 0.1) is 0 Å². The number of likely N-dealkylation sites (tertiary alicyclic amines) is 1. The molecule has 4 amide bonds. The van der Waals surface area contributed by atoms with E-state index in [9.17, 15) is 19.2 Å². The van der Waals surface area contributed by atoms with Crippen LogP contribution in [-0.4, -0.2) is 86.6 Å². The first-order valence-corrected chi connectivity index (χ1v) is 16.4. The molecule has 0 spiro atoms. The lowest BCUT2D eigenvalue weighted by Crippen LogP contribution is -2.41. The first-order chi connectivity index (χ1) is 24.1. The lowest BCUT2D eigenvalue weighted by atomic mass is 10.1. The average Bonchev–Trinajstić information content (AvgIpc) is 3.79. The summed E-state index contributed by atoms with van der Waals surface area (Å²) in [7, 11) is 6.89. The number of pyridine rings is 1. The van der Waals surface area contributed by atoms with Crippen molar-refractivity contribution in [2.75, 3.05) is 49.2 Å². The molecule has 1 saturated heterocycles. The molecule has 5 heterocycles. The number of anilines is 3. The Labute approximate surface area is 289 Å². The van der Waals surface area contributed by atoms with Crippen molar-refractivity contribution in [2.45, 2.75) is 18.9 Å². The van der Waals surface area contributed by atoms with E-state index in [2.05, 4.69) is 31.2 Å². The lowest BCUT2D eigenvalue weighted by Gasteiger charge is -2.31. The summed E-state index contributed by atoms with van der Waals surface area (Å²) in [6, 6.07) is 14.1. The lowest BCUT2D eigenvalue weighted by molar-refractivity contribution is 0.0413. The van der Waals surface area contributed by atoms with Crippen LogP contribution in [-0.2, 0) is 25.9 Å². The summed E-state index contributed by atoms with van der Waals surface area (Å²) in [5, 5.41) is 13.3. The molecule has 1 aliphatic heterocycles. The van der Waals surface area contributed by atoms with Gasteiger partial charge in [0, 0.05) is 84.6 Å². The molecule has 14 heteroatoms. The maximum atomic E-state index is 13.2. The van der Waals surface area contributed by atoms with E-state index in [1.165, 1.54) is 0 Å². The van der Waals surface area contributed by atoms with Crippen LogP contribution in [0.1, 0.15) is 54.8 Å². The van der Waals surface area contributed by atoms with Gasteiger partial charge in [0.2, 0.25) is 0 Å². The fourth-order valence-corrected chi connectivity index (χ4v) is 6.16. The number of hydrogen-bond donors (Lipinski definition) is 4. The van der Waals surface area contributed by atoms with Gasteiger partial charge in [0.25, 0.3) is 23.6 Å². The predicted molar refractivity (Wildman–Crippen MR) is 191 cm³/mol. The molecule has 50 heavy (non-hydrogen) atoms. The number of aromatic nitrogens is 4. The maximum Gasteiger partial charge on any atom is 0.274 e. The molecule has 4 N–H and O–H groups in total. The Morgan fingerprint density at radius 1 is 0.720 bits per heavy atom. The number of ether oxygens (including phenoxy) is 1. The zero-order valence-corrected chi connectivity index (χ0v) is 28.5. The van der Waals surface area contributed by atoms with Crippen molar-refractivity contribution in [2.24, 2.45) is 21.1 Å². The molecule has 1 aromatic carbocycles. The van der Waals surface area contributed by atoms with Gasteiger partial charge in [-0.15, -0.1) is 0 Å². The standard InChI is InChI=1S/C36H41N9O5/c1-42-21-26(16-30(42)34(47)37-11-14-45-12-9-28(50-4)10-13-45)40-36(49)32-18-27(22-44(32)3)41-35(48)31-17-25(20-43(31)2)39-33(46)29-15-23-7-5-6-8-24(23)19-38-29/h5-8,15-22,28H,9-14H2,1-4H3,(H,37,47)(H,39,46)(H,40,49)(H,41,48). The van der Waals surface area contributed by atoms with Gasteiger partial charge in [0.15, 0.2) is 0 Å². The van der Waals surface area contributed by atoms with Crippen LogP contribution in [0.2, 0.25) is 0 Å². The number of methoxy groups -OCH3 is 1. The zero-order chi connectivity index (χ0) is 35.4. The Hall–Kier alpha value is -5.73. The average molecular weight is 680 g/mol. The molecule has 0 unspecified atom stereocenters. The highest BCUT2D eigenvalue weighted by atomic mass is 16.5. The Balaban J connectivity index is 1.03. The fraction of sp³-hybridized carbons (Fsp3) is 0.306. The van der Waals surface area contributed by atoms with Crippen molar-refractivity contribution in [3.63, 3.8) is 0 Å². The van der Waals surface area contributed by atoms with Gasteiger partial charge < -0.3 is 44.6 Å². The van der Waals surface area contributed by atoms with Gasteiger partial charge in [-0.3, -0.25) is 24.2 Å². The second kappa shape index (κ2) is 14.8. The molecule has 0 saturated carbocycles. The maximum absolute atomic E-state index is 13.2. The third-order valence-corrected chi connectivity index (χ3v) is 8.93. The van der Waals surface area contributed by atoms with Crippen molar-refractivity contribution in [1.29, 1.82) is 0 Å². The summed E-state index contributed by atoms with van der Waals surface area (Å²) in [6.45, 7) is 3.16. The highest BCUT2D eigenvalue weighted by Gasteiger charge is 2.21. The van der Waals surface area contributed by atoms with Crippen LogP contribution < -0.4 is 21.3 Å². The molecule has 0 bridgehead atoms. The van der Waals surface area contributed by atoms with Crippen LogP contribution in [0.25, 0.3) is 10.8 Å². The third-order valence-electron chi connectivity index (χ3n) is 8.93. The Bertz CT molecular complexity index is 2050. The molecule has 14 nitrogen and oxygen atoms in total. The van der Waals surface area contributed by atoms with E-state index in [0.717, 1.165) is 43.2 Å². The van der Waals surface area contributed by atoms with E-state index in [1.807, 2.05) is 24.3 Å². The Morgan fingerprint density at radius 2 is 1.22 bits per heavy atom. The molecule has 6 rings (SSSR count). The number of fused-ring (bicyclic) bond motifs is 1. The quantitative estimate of drug-likeness (QED) is 0.165. The van der Waals surface area contributed by atoms with Crippen LogP contribution in [0.5, 0.6) is 0 Å². The van der Waals surface area contributed by atoms with Crippen molar-refractivity contribution in [1.82, 2.24) is 28.9 Å². The molecule has 5 aromatic rings. The second-order valence-electron chi connectivity index (χ2n) is 12.5. The number of carbonyl (C=O) groups excluding carboxylic acids is 4. The summed E-state index contributed by atoms with van der Waals surface area (Å²) < 4.78 is 10.3. The van der Waals surface area contributed by atoms with Gasteiger partial charge in [0.05, 0.1) is 23.2 Å². The summed E-state index contributed by atoms with van der Waals surface area (Å²) in [4.78, 5) is 58.8. The SMILES string of the molecule is COC1CCN(CCNC(=O)c2cc(NC(=O)c3cc(NC(=O)c4cc(NC(=O)c5cc6ccccc6cn5)cn4C)cn3C)cn2C)CC1. The predicted octanol–water partition coefficient (Wildman–Crippen LogP) is 3.85.